The van der Waals surface area contributed by atoms with Crippen molar-refractivity contribution in [1.29, 1.82) is 0 Å². The number of nitrogens with one attached hydrogen (secondary N) is 2. The SMILES string of the molecule is CCNC(=NCc1nc(C(F)(F)F)cs1)NC1CCN(C(=O)C2CCCCC2)C1.I. The van der Waals surface area contributed by atoms with Gasteiger partial charge in [-0.1, -0.05) is 19.3 Å². The Morgan fingerprint density at radius 1 is 1.30 bits per heavy atom. The molecule has 11 heteroatoms. The molecule has 1 aromatic heterocycles. The molecule has 0 radical (unpaired) electrons. The summed E-state index contributed by atoms with van der Waals surface area (Å²) in [6.45, 7) is 4.00. The van der Waals surface area contributed by atoms with E-state index in [1.54, 1.807) is 0 Å². The summed E-state index contributed by atoms with van der Waals surface area (Å²) in [5, 5.41) is 7.75. The fourth-order valence-corrected chi connectivity index (χ4v) is 4.58. The Balaban J connectivity index is 0.00000320. The molecule has 1 aliphatic heterocycles. The van der Waals surface area contributed by atoms with Gasteiger partial charge in [-0.15, -0.1) is 35.3 Å². The van der Waals surface area contributed by atoms with Crippen molar-refractivity contribution in [3.8, 4) is 0 Å². The number of hydrogen-bond acceptors (Lipinski definition) is 4. The minimum Gasteiger partial charge on any atom is -0.357 e. The van der Waals surface area contributed by atoms with Crippen LogP contribution in [-0.2, 0) is 17.5 Å². The number of aliphatic imine (C=N–C) groups is 1. The number of nitrogens with zero attached hydrogens (tertiary/aromatic N) is 3. The van der Waals surface area contributed by atoms with E-state index < -0.39 is 11.9 Å². The van der Waals surface area contributed by atoms with Crippen LogP contribution >= 0.6 is 35.3 Å². The van der Waals surface area contributed by atoms with Gasteiger partial charge in [-0.25, -0.2) is 9.98 Å². The highest BCUT2D eigenvalue weighted by Gasteiger charge is 2.34. The van der Waals surface area contributed by atoms with E-state index in [-0.39, 0.29) is 48.4 Å². The van der Waals surface area contributed by atoms with E-state index in [4.69, 9.17) is 0 Å². The van der Waals surface area contributed by atoms with Gasteiger partial charge in [0.1, 0.15) is 5.01 Å². The molecule has 0 aromatic carbocycles. The summed E-state index contributed by atoms with van der Waals surface area (Å²) in [4.78, 5) is 22.6. The number of hydrogen-bond donors (Lipinski definition) is 2. The van der Waals surface area contributed by atoms with Crippen LogP contribution in [0.2, 0.25) is 0 Å². The summed E-state index contributed by atoms with van der Waals surface area (Å²) in [6, 6.07) is 0.0855. The van der Waals surface area contributed by atoms with E-state index in [0.717, 1.165) is 55.4 Å². The molecule has 1 unspecified atom stereocenters. The van der Waals surface area contributed by atoms with Gasteiger partial charge in [0.05, 0.1) is 6.54 Å². The van der Waals surface area contributed by atoms with E-state index in [2.05, 4.69) is 20.6 Å². The summed E-state index contributed by atoms with van der Waals surface area (Å²) in [7, 11) is 0. The summed E-state index contributed by atoms with van der Waals surface area (Å²) in [5.74, 6) is 0.962. The van der Waals surface area contributed by atoms with Crippen LogP contribution < -0.4 is 10.6 Å². The highest BCUT2D eigenvalue weighted by Crippen LogP contribution is 2.30. The van der Waals surface area contributed by atoms with Gasteiger partial charge in [0.25, 0.3) is 0 Å². The van der Waals surface area contributed by atoms with Gasteiger partial charge in [-0.2, -0.15) is 13.2 Å². The average Bonchev–Trinajstić information content (AvgIpc) is 3.36. The number of carbonyl (C=O) groups excluding carboxylic acids is 1. The third kappa shape index (κ3) is 6.96. The number of aromatic nitrogens is 1. The quantitative estimate of drug-likeness (QED) is 0.325. The third-order valence-corrected chi connectivity index (χ3v) is 6.19. The lowest BCUT2D eigenvalue weighted by Gasteiger charge is -2.26. The highest BCUT2D eigenvalue weighted by molar-refractivity contribution is 14.0. The van der Waals surface area contributed by atoms with Crippen LogP contribution in [0.4, 0.5) is 13.2 Å². The van der Waals surface area contributed by atoms with Gasteiger partial charge in [0.2, 0.25) is 5.91 Å². The van der Waals surface area contributed by atoms with E-state index in [1.165, 1.54) is 6.42 Å². The second-order valence-electron chi connectivity index (χ2n) is 7.57. The first-order valence-electron chi connectivity index (χ1n) is 10.2. The van der Waals surface area contributed by atoms with E-state index >= 15 is 0 Å². The molecule has 2 fully saturated rings. The van der Waals surface area contributed by atoms with Crippen LogP contribution in [-0.4, -0.2) is 47.4 Å². The van der Waals surface area contributed by atoms with Crippen molar-refractivity contribution >= 4 is 47.2 Å². The number of alkyl halides is 3. The summed E-state index contributed by atoms with van der Waals surface area (Å²) in [6.07, 6.45) is 1.88. The second kappa shape index (κ2) is 11.5. The predicted octanol–water partition coefficient (Wildman–Crippen LogP) is 4.02. The molecule has 1 atom stereocenters. The molecule has 1 aliphatic carbocycles. The van der Waals surface area contributed by atoms with Crippen LogP contribution in [0.25, 0.3) is 0 Å². The topological polar surface area (TPSA) is 69.6 Å². The second-order valence-corrected chi connectivity index (χ2v) is 8.51. The standard InChI is InChI=1S/C19H28F3N5OS.HI/c1-2-23-18(24-10-16-26-15(12-29-16)19(20,21)22)25-14-8-9-27(11-14)17(28)13-6-4-3-5-7-13;/h12-14H,2-11H2,1H3,(H2,23,24,25);1H. The maximum Gasteiger partial charge on any atom is 0.434 e. The predicted molar refractivity (Wildman–Crippen MR) is 122 cm³/mol. The lowest BCUT2D eigenvalue weighted by atomic mass is 9.88. The van der Waals surface area contributed by atoms with E-state index in [1.807, 2.05) is 11.8 Å². The van der Waals surface area contributed by atoms with Crippen molar-refractivity contribution < 1.29 is 18.0 Å². The summed E-state index contributed by atoms with van der Waals surface area (Å²) < 4.78 is 38.0. The first-order chi connectivity index (χ1) is 13.9. The van der Waals surface area contributed by atoms with Crippen LogP contribution in [0.5, 0.6) is 0 Å². The Hall–Kier alpha value is -1.11. The van der Waals surface area contributed by atoms with Gasteiger partial charge in [-0.3, -0.25) is 4.79 Å². The van der Waals surface area contributed by atoms with Crippen LogP contribution in [0.3, 0.4) is 0 Å². The fraction of sp³-hybridized carbons (Fsp3) is 0.737. The Bertz CT molecular complexity index is 721. The van der Waals surface area contributed by atoms with Crippen LogP contribution in [0, 0.1) is 5.92 Å². The molecule has 3 rings (SSSR count). The van der Waals surface area contributed by atoms with Gasteiger partial charge in [0.15, 0.2) is 11.7 Å². The molecule has 0 bridgehead atoms. The molecule has 2 heterocycles. The smallest absolute Gasteiger partial charge is 0.357 e. The van der Waals surface area contributed by atoms with Gasteiger partial charge in [-0.05, 0) is 26.2 Å². The number of rotatable bonds is 5. The van der Waals surface area contributed by atoms with Crippen LogP contribution in [0.15, 0.2) is 10.4 Å². The minimum atomic E-state index is -4.43. The van der Waals surface area contributed by atoms with E-state index in [9.17, 15) is 18.0 Å². The first kappa shape index (κ1) is 25.2. The number of likely N-dealkylation sites (tertiary alicyclic amines) is 1. The zero-order chi connectivity index (χ0) is 20.9. The average molecular weight is 559 g/mol. The normalized spacial score (nSPS) is 20.7. The number of amides is 1. The largest absolute Gasteiger partial charge is 0.434 e. The van der Waals surface area contributed by atoms with Gasteiger partial charge in [0, 0.05) is 37.0 Å². The lowest BCUT2D eigenvalue weighted by Crippen LogP contribution is -2.45. The van der Waals surface area contributed by atoms with Gasteiger partial charge >= 0.3 is 6.18 Å². The molecule has 1 aromatic rings. The summed E-state index contributed by atoms with van der Waals surface area (Å²) >= 11 is 0.953. The number of carbonyl (C=O) groups is 1. The Kier molecular flexibility index (Phi) is 9.64. The van der Waals surface area contributed by atoms with Gasteiger partial charge < -0.3 is 15.5 Å². The molecule has 1 saturated carbocycles. The number of halogens is 4. The fourth-order valence-electron chi connectivity index (χ4n) is 3.86. The molecule has 2 aliphatic rings. The number of guanidine groups is 1. The maximum atomic E-state index is 12.7. The Labute approximate surface area is 196 Å². The van der Waals surface area contributed by atoms with Crippen molar-refractivity contribution in [1.82, 2.24) is 20.5 Å². The molecule has 30 heavy (non-hydrogen) atoms. The van der Waals surface area contributed by atoms with Crippen LogP contribution in [0.1, 0.15) is 56.2 Å². The molecular weight excluding hydrogens is 530 g/mol. The molecule has 1 amide bonds. The molecule has 6 nitrogen and oxygen atoms in total. The molecule has 2 N–H and O–H groups in total. The zero-order valence-corrected chi connectivity index (χ0v) is 20.2. The maximum absolute atomic E-state index is 12.7. The first-order valence-corrected chi connectivity index (χ1v) is 11.1. The van der Waals surface area contributed by atoms with E-state index in [0.29, 0.717) is 24.1 Å². The van der Waals surface area contributed by atoms with Crippen molar-refractivity contribution in [2.75, 3.05) is 19.6 Å². The van der Waals surface area contributed by atoms with Crippen molar-refractivity contribution in [2.45, 2.75) is 64.2 Å². The summed E-state index contributed by atoms with van der Waals surface area (Å²) in [5.41, 5.74) is -0.877. The monoisotopic (exact) mass is 559 g/mol. The van der Waals surface area contributed by atoms with Crippen molar-refractivity contribution in [2.24, 2.45) is 10.9 Å². The minimum absolute atomic E-state index is 0. The molecule has 170 valence electrons. The molecule has 0 spiro atoms. The Morgan fingerprint density at radius 3 is 2.67 bits per heavy atom. The van der Waals surface area contributed by atoms with Crippen molar-refractivity contribution in [3.63, 3.8) is 0 Å². The third-order valence-electron chi connectivity index (χ3n) is 5.35. The Morgan fingerprint density at radius 2 is 2.03 bits per heavy atom. The molecular formula is C19H29F3IN5OS. The van der Waals surface area contributed by atoms with Crippen molar-refractivity contribution in [3.05, 3.63) is 16.1 Å². The zero-order valence-electron chi connectivity index (χ0n) is 17.0. The molecule has 1 saturated heterocycles. The lowest BCUT2D eigenvalue weighted by molar-refractivity contribution is -0.140. The number of thiazole rings is 1. The highest BCUT2D eigenvalue weighted by atomic mass is 127.